The highest BCUT2D eigenvalue weighted by atomic mass is 16.3. The van der Waals surface area contributed by atoms with E-state index in [1.807, 2.05) is 12.9 Å². The molecule has 0 aromatic heterocycles. The Morgan fingerprint density at radius 1 is 1.00 bits per heavy atom. The second kappa shape index (κ2) is 4.91. The number of carbonyl (C=O) groups excluding carboxylic acids is 2. The van der Waals surface area contributed by atoms with Crippen molar-refractivity contribution < 1.29 is 14.7 Å². The van der Waals surface area contributed by atoms with E-state index in [1.165, 1.54) is 0 Å². The predicted octanol–water partition coefficient (Wildman–Crippen LogP) is 2.17. The van der Waals surface area contributed by atoms with E-state index in [-0.39, 0.29) is 5.75 Å². The standard InChI is InChI=1S/C11H8O2.CH2O/c12-7-8-1-2-10-6-11(13)4-3-9(10)5-8;1-2/h1-7,13H;1H2. The number of phenols is 1. The molecule has 0 saturated carbocycles. The molecule has 0 amide bonds. The van der Waals surface area contributed by atoms with Gasteiger partial charge in [-0.3, -0.25) is 4.79 Å². The van der Waals surface area contributed by atoms with Crippen LogP contribution in [0.4, 0.5) is 0 Å². The van der Waals surface area contributed by atoms with Gasteiger partial charge in [-0.2, -0.15) is 0 Å². The van der Waals surface area contributed by atoms with E-state index < -0.39 is 0 Å². The number of phenolic OH excluding ortho intramolecular Hbond substituents is 1. The first kappa shape index (κ1) is 10.9. The van der Waals surface area contributed by atoms with Crippen LogP contribution >= 0.6 is 0 Å². The first-order valence-corrected chi connectivity index (χ1v) is 4.26. The number of aldehydes is 1. The van der Waals surface area contributed by atoms with Gasteiger partial charge in [0, 0.05) is 5.56 Å². The summed E-state index contributed by atoms with van der Waals surface area (Å²) in [5.74, 6) is 0.242. The van der Waals surface area contributed by atoms with E-state index in [4.69, 9.17) is 4.79 Å². The van der Waals surface area contributed by atoms with Crippen LogP contribution in [0.2, 0.25) is 0 Å². The molecule has 2 rings (SSSR count). The number of hydrogen-bond donors (Lipinski definition) is 1. The van der Waals surface area contributed by atoms with E-state index in [2.05, 4.69) is 0 Å². The minimum Gasteiger partial charge on any atom is -0.508 e. The minimum absolute atomic E-state index is 0.242. The Morgan fingerprint density at radius 2 is 1.60 bits per heavy atom. The van der Waals surface area contributed by atoms with E-state index in [1.54, 1.807) is 30.3 Å². The second-order valence-electron chi connectivity index (χ2n) is 2.91. The van der Waals surface area contributed by atoms with E-state index >= 15 is 0 Å². The quantitative estimate of drug-likeness (QED) is 0.721. The third-order valence-electron chi connectivity index (χ3n) is 1.98. The number of carbonyl (C=O) groups is 2. The van der Waals surface area contributed by atoms with Crippen molar-refractivity contribution in [3.63, 3.8) is 0 Å². The van der Waals surface area contributed by atoms with Gasteiger partial charge in [0.15, 0.2) is 0 Å². The molecule has 76 valence electrons. The minimum atomic E-state index is 0.242. The van der Waals surface area contributed by atoms with Crippen LogP contribution in [-0.2, 0) is 4.79 Å². The Bertz CT molecular complexity index is 477. The van der Waals surface area contributed by atoms with Crippen LogP contribution in [-0.4, -0.2) is 18.2 Å². The number of fused-ring (bicyclic) bond motifs is 1. The monoisotopic (exact) mass is 202 g/mol. The summed E-state index contributed by atoms with van der Waals surface area (Å²) >= 11 is 0. The van der Waals surface area contributed by atoms with Gasteiger partial charge in [-0.15, -0.1) is 0 Å². The van der Waals surface area contributed by atoms with E-state index in [0.717, 1.165) is 17.1 Å². The second-order valence-corrected chi connectivity index (χ2v) is 2.91. The van der Waals surface area contributed by atoms with Crippen LogP contribution in [0.1, 0.15) is 10.4 Å². The first-order chi connectivity index (χ1) is 7.29. The number of aromatic hydroxyl groups is 1. The Labute approximate surface area is 87.0 Å². The Kier molecular flexibility index (Phi) is 3.57. The van der Waals surface area contributed by atoms with Crippen molar-refractivity contribution in [3.8, 4) is 5.75 Å². The molecule has 0 bridgehead atoms. The molecule has 0 heterocycles. The molecule has 15 heavy (non-hydrogen) atoms. The third-order valence-corrected chi connectivity index (χ3v) is 1.98. The zero-order chi connectivity index (χ0) is 11.3. The Hall–Kier alpha value is -2.16. The van der Waals surface area contributed by atoms with Gasteiger partial charge in [0.2, 0.25) is 0 Å². The van der Waals surface area contributed by atoms with Crippen LogP contribution in [0.5, 0.6) is 5.75 Å². The van der Waals surface area contributed by atoms with Crippen molar-refractivity contribution in [2.75, 3.05) is 0 Å². The summed E-state index contributed by atoms with van der Waals surface area (Å²) in [4.78, 5) is 18.5. The SMILES string of the molecule is C=O.O=Cc1ccc2cc(O)ccc2c1. The smallest absolute Gasteiger partial charge is 0.150 e. The summed E-state index contributed by atoms with van der Waals surface area (Å²) in [6.07, 6.45) is 0.812. The third kappa shape index (κ3) is 2.40. The summed E-state index contributed by atoms with van der Waals surface area (Å²) in [5, 5.41) is 11.1. The molecule has 0 aliphatic rings. The average Bonchev–Trinajstić information content (AvgIpc) is 2.31. The molecule has 1 N–H and O–H groups in total. The topological polar surface area (TPSA) is 54.4 Å². The molecular weight excluding hydrogens is 192 g/mol. The van der Waals surface area contributed by atoms with Crippen molar-refractivity contribution in [2.24, 2.45) is 0 Å². The molecule has 3 heteroatoms. The molecule has 0 saturated heterocycles. The zero-order valence-corrected chi connectivity index (χ0v) is 8.01. The number of hydrogen-bond acceptors (Lipinski definition) is 3. The summed E-state index contributed by atoms with van der Waals surface area (Å²) in [7, 11) is 0. The van der Waals surface area contributed by atoms with Gasteiger partial charge >= 0.3 is 0 Å². The number of rotatable bonds is 1. The fraction of sp³-hybridized carbons (Fsp3) is 0. The van der Waals surface area contributed by atoms with Gasteiger partial charge < -0.3 is 9.90 Å². The average molecular weight is 202 g/mol. The summed E-state index contributed by atoms with van der Waals surface area (Å²) in [6, 6.07) is 10.4. The van der Waals surface area contributed by atoms with Crippen LogP contribution < -0.4 is 0 Å². The molecule has 0 atom stereocenters. The molecule has 3 nitrogen and oxygen atoms in total. The highest BCUT2D eigenvalue weighted by Crippen LogP contribution is 2.20. The van der Waals surface area contributed by atoms with Crippen molar-refractivity contribution in [1.82, 2.24) is 0 Å². The largest absolute Gasteiger partial charge is 0.508 e. The Morgan fingerprint density at radius 3 is 2.27 bits per heavy atom. The predicted molar refractivity (Wildman–Crippen MR) is 58.1 cm³/mol. The molecule has 0 aliphatic carbocycles. The highest BCUT2D eigenvalue weighted by Gasteiger charge is 1.96. The summed E-state index contributed by atoms with van der Waals surface area (Å²) in [6.45, 7) is 2.00. The highest BCUT2D eigenvalue weighted by molar-refractivity contribution is 5.89. The zero-order valence-electron chi connectivity index (χ0n) is 8.01. The van der Waals surface area contributed by atoms with Crippen LogP contribution in [0, 0.1) is 0 Å². The van der Waals surface area contributed by atoms with Gasteiger partial charge in [0.1, 0.15) is 18.8 Å². The van der Waals surface area contributed by atoms with E-state index in [9.17, 15) is 9.90 Å². The van der Waals surface area contributed by atoms with Crippen LogP contribution in [0.15, 0.2) is 36.4 Å². The maximum atomic E-state index is 10.5. The molecule has 2 aromatic rings. The van der Waals surface area contributed by atoms with Gasteiger partial charge in [-0.25, -0.2) is 0 Å². The van der Waals surface area contributed by atoms with Crippen molar-refractivity contribution in [3.05, 3.63) is 42.0 Å². The van der Waals surface area contributed by atoms with Crippen LogP contribution in [0.25, 0.3) is 10.8 Å². The van der Waals surface area contributed by atoms with Crippen molar-refractivity contribution in [1.29, 1.82) is 0 Å². The molecule has 2 aromatic carbocycles. The molecule has 0 radical (unpaired) electrons. The maximum Gasteiger partial charge on any atom is 0.150 e. The fourth-order valence-electron chi connectivity index (χ4n) is 1.32. The number of benzene rings is 2. The normalized spacial score (nSPS) is 9.07. The van der Waals surface area contributed by atoms with Crippen LogP contribution in [0.3, 0.4) is 0 Å². The van der Waals surface area contributed by atoms with E-state index in [0.29, 0.717) is 5.56 Å². The lowest BCUT2D eigenvalue weighted by Gasteiger charge is -1.98. The summed E-state index contributed by atoms with van der Waals surface area (Å²) < 4.78 is 0. The first-order valence-electron chi connectivity index (χ1n) is 4.26. The molecule has 0 aliphatic heterocycles. The molecular formula is C12H10O3. The van der Waals surface area contributed by atoms with Gasteiger partial charge in [0.25, 0.3) is 0 Å². The van der Waals surface area contributed by atoms with Crippen molar-refractivity contribution >= 4 is 23.8 Å². The lowest BCUT2D eigenvalue weighted by molar-refractivity contribution is -0.0979. The molecule has 0 spiro atoms. The van der Waals surface area contributed by atoms with Gasteiger partial charge in [-0.05, 0) is 29.0 Å². The lowest BCUT2D eigenvalue weighted by Crippen LogP contribution is -1.79. The summed E-state index contributed by atoms with van der Waals surface area (Å²) in [5.41, 5.74) is 0.651. The maximum absolute atomic E-state index is 10.5. The fourth-order valence-corrected chi connectivity index (χ4v) is 1.32. The molecule has 0 fully saturated rings. The van der Waals surface area contributed by atoms with Crippen molar-refractivity contribution in [2.45, 2.75) is 0 Å². The lowest BCUT2D eigenvalue weighted by atomic mass is 10.1. The van der Waals surface area contributed by atoms with Gasteiger partial charge in [-0.1, -0.05) is 18.2 Å². The molecule has 0 unspecified atom stereocenters. The Balaban J connectivity index is 0.000000531. The van der Waals surface area contributed by atoms with Gasteiger partial charge in [0.05, 0.1) is 0 Å².